The monoisotopic (exact) mass is 436 g/mol. The minimum absolute atomic E-state index is 0.130. The van der Waals surface area contributed by atoms with Gasteiger partial charge in [0.25, 0.3) is 0 Å². The van der Waals surface area contributed by atoms with Crippen molar-refractivity contribution in [3.05, 3.63) is 84.0 Å². The molecule has 1 N–H and O–H groups in total. The summed E-state index contributed by atoms with van der Waals surface area (Å²) in [6.07, 6.45) is 23.0. The average Bonchev–Trinajstić information content (AvgIpc) is 2.66. The van der Waals surface area contributed by atoms with Crippen LogP contribution >= 0.6 is 0 Å². The van der Waals surface area contributed by atoms with E-state index in [4.69, 9.17) is 4.43 Å². The highest BCUT2D eigenvalue weighted by Gasteiger charge is 2.44. The van der Waals surface area contributed by atoms with E-state index < -0.39 is 19.5 Å². The maximum Gasteiger partial charge on any atom is 0.193 e. The summed E-state index contributed by atoms with van der Waals surface area (Å²) in [6, 6.07) is 8.50. The summed E-state index contributed by atoms with van der Waals surface area (Å²) < 4.78 is 7.11. The van der Waals surface area contributed by atoms with Crippen molar-refractivity contribution in [1.29, 1.82) is 0 Å². The highest BCUT2D eigenvalue weighted by molar-refractivity contribution is 6.74. The van der Waals surface area contributed by atoms with Crippen LogP contribution < -0.4 is 0 Å². The molecule has 0 fully saturated rings. The molecule has 2 atom stereocenters. The molecule has 31 heavy (non-hydrogen) atoms. The van der Waals surface area contributed by atoms with E-state index in [2.05, 4.69) is 101 Å². The molecule has 1 aromatic rings. The lowest BCUT2D eigenvalue weighted by Crippen LogP contribution is -2.47. The van der Waals surface area contributed by atoms with Gasteiger partial charge in [0.05, 0.1) is 0 Å². The molecule has 0 saturated carbocycles. The van der Waals surface area contributed by atoms with E-state index in [9.17, 15) is 5.11 Å². The van der Waals surface area contributed by atoms with E-state index in [1.807, 2.05) is 6.08 Å². The van der Waals surface area contributed by atoms with Gasteiger partial charge >= 0.3 is 0 Å². The normalized spacial score (nSPS) is 31.5. The highest BCUT2D eigenvalue weighted by Crippen LogP contribution is 2.45. The van der Waals surface area contributed by atoms with Gasteiger partial charge in [-0.2, -0.15) is 0 Å². The summed E-state index contributed by atoms with van der Waals surface area (Å²) in [5.41, 5.74) is 0.696. The van der Waals surface area contributed by atoms with E-state index >= 15 is 0 Å². The van der Waals surface area contributed by atoms with Crippen molar-refractivity contribution < 1.29 is 9.53 Å². The lowest BCUT2D eigenvalue weighted by Gasteiger charge is -2.45. The maximum absolute atomic E-state index is 11.3. The second-order valence-electron chi connectivity index (χ2n) is 10.6. The summed E-state index contributed by atoms with van der Waals surface area (Å²) in [5.74, 6) is 0. The predicted octanol–water partition coefficient (Wildman–Crippen LogP) is 7.68. The van der Waals surface area contributed by atoms with Gasteiger partial charge in [0.15, 0.2) is 8.32 Å². The number of benzene rings is 1. The van der Waals surface area contributed by atoms with Crippen molar-refractivity contribution >= 4 is 8.32 Å². The SMILES string of the molecule is CC(C)(C)[Si](C)(C)OC1(c2ccc(C3(O)/C=C\CC/C=C\C3)cc2)/C=C\CC/C=C\C1. The Bertz CT molecular complexity index is 854. The first-order chi connectivity index (χ1) is 14.6. The van der Waals surface area contributed by atoms with Crippen LogP contribution in [-0.2, 0) is 15.6 Å². The minimum atomic E-state index is -2.01. The quantitative estimate of drug-likeness (QED) is 0.387. The standard InChI is InChI=1S/C28H40O2Si/c1-26(2,3)31(4,5)30-28(22-14-10-7-11-15-23-28)25-18-16-24(17-19-25)27(29)20-12-8-6-9-13-21-27/h8,10,12-19,21,23,29H,6-7,9,11,20,22H2,1-5H3/b12-8-,14-10-,21-13-,23-15-. The first-order valence-electron chi connectivity index (χ1n) is 11.8. The molecule has 3 rings (SSSR count). The molecule has 0 spiro atoms. The van der Waals surface area contributed by atoms with Gasteiger partial charge in [-0.05, 0) is 54.9 Å². The van der Waals surface area contributed by atoms with Crippen LogP contribution in [0.5, 0.6) is 0 Å². The Morgan fingerprint density at radius 1 is 0.742 bits per heavy atom. The Balaban J connectivity index is 2.00. The van der Waals surface area contributed by atoms with Crippen LogP contribution in [0.4, 0.5) is 0 Å². The summed E-state index contributed by atoms with van der Waals surface area (Å²) >= 11 is 0. The molecule has 1 aromatic carbocycles. The van der Waals surface area contributed by atoms with Gasteiger partial charge in [-0.25, -0.2) is 0 Å². The Morgan fingerprint density at radius 2 is 1.26 bits per heavy atom. The fourth-order valence-corrected chi connectivity index (χ4v) is 5.53. The number of rotatable bonds is 4. The minimum Gasteiger partial charge on any atom is -0.404 e. The molecule has 2 unspecified atom stereocenters. The first kappa shape index (κ1) is 24.0. The number of hydrogen-bond donors (Lipinski definition) is 1. The van der Waals surface area contributed by atoms with Crippen LogP contribution in [0, 0.1) is 0 Å². The topological polar surface area (TPSA) is 29.5 Å². The summed E-state index contributed by atoms with van der Waals surface area (Å²) in [6.45, 7) is 11.5. The van der Waals surface area contributed by atoms with E-state index in [-0.39, 0.29) is 5.04 Å². The van der Waals surface area contributed by atoms with Crippen LogP contribution in [-0.4, -0.2) is 13.4 Å². The Morgan fingerprint density at radius 3 is 1.87 bits per heavy atom. The first-order valence-corrected chi connectivity index (χ1v) is 14.7. The van der Waals surface area contributed by atoms with Gasteiger partial charge in [0.2, 0.25) is 0 Å². The second-order valence-corrected chi connectivity index (χ2v) is 15.3. The molecular formula is C28H40O2Si. The molecule has 2 nitrogen and oxygen atoms in total. The molecule has 168 valence electrons. The van der Waals surface area contributed by atoms with Crippen LogP contribution in [0.1, 0.15) is 70.4 Å². The number of allylic oxidation sites excluding steroid dienone is 4. The summed E-state index contributed by atoms with van der Waals surface area (Å²) in [5, 5.41) is 11.4. The third kappa shape index (κ3) is 5.57. The zero-order valence-corrected chi connectivity index (χ0v) is 21.0. The lowest BCUT2D eigenvalue weighted by atomic mass is 9.84. The Labute approximate surface area is 190 Å². The molecule has 0 aromatic heterocycles. The third-order valence-electron chi connectivity index (χ3n) is 7.08. The van der Waals surface area contributed by atoms with E-state index in [1.54, 1.807) is 0 Å². The number of hydrogen-bond acceptors (Lipinski definition) is 2. The molecule has 0 aliphatic heterocycles. The van der Waals surface area contributed by atoms with Gasteiger partial charge in [-0.1, -0.05) is 93.6 Å². The van der Waals surface area contributed by atoms with Crippen molar-refractivity contribution in [2.24, 2.45) is 0 Å². The summed E-state index contributed by atoms with van der Waals surface area (Å²) in [4.78, 5) is 0. The fourth-order valence-electron chi connectivity index (χ4n) is 4.04. The lowest BCUT2D eigenvalue weighted by molar-refractivity contribution is 0.0909. The predicted molar refractivity (Wildman–Crippen MR) is 135 cm³/mol. The van der Waals surface area contributed by atoms with Gasteiger partial charge in [0, 0.05) is 12.8 Å². The fraction of sp³-hybridized carbons (Fsp3) is 0.500. The van der Waals surface area contributed by atoms with Crippen molar-refractivity contribution in [2.75, 3.05) is 0 Å². The Kier molecular flexibility index (Phi) is 7.30. The zero-order chi connectivity index (χ0) is 22.6. The zero-order valence-electron chi connectivity index (χ0n) is 20.0. The van der Waals surface area contributed by atoms with E-state index in [0.29, 0.717) is 6.42 Å². The van der Waals surface area contributed by atoms with Crippen molar-refractivity contribution in [2.45, 2.75) is 88.6 Å². The molecule has 0 saturated heterocycles. The number of aliphatic hydroxyl groups is 1. The second kappa shape index (κ2) is 9.44. The molecular weight excluding hydrogens is 396 g/mol. The smallest absolute Gasteiger partial charge is 0.193 e. The van der Waals surface area contributed by atoms with Crippen LogP contribution in [0.25, 0.3) is 0 Å². The van der Waals surface area contributed by atoms with Gasteiger partial charge in [0.1, 0.15) is 11.2 Å². The highest BCUT2D eigenvalue weighted by atomic mass is 28.4. The largest absolute Gasteiger partial charge is 0.404 e. The molecule has 0 radical (unpaired) electrons. The molecule has 0 amide bonds. The van der Waals surface area contributed by atoms with Crippen LogP contribution in [0.3, 0.4) is 0 Å². The summed E-state index contributed by atoms with van der Waals surface area (Å²) in [7, 11) is -2.01. The van der Waals surface area contributed by atoms with Gasteiger partial charge in [-0.15, -0.1) is 0 Å². The van der Waals surface area contributed by atoms with Crippen molar-refractivity contribution in [3.63, 3.8) is 0 Å². The van der Waals surface area contributed by atoms with E-state index in [1.165, 1.54) is 0 Å². The molecule has 0 heterocycles. The van der Waals surface area contributed by atoms with Crippen LogP contribution in [0.15, 0.2) is 72.9 Å². The van der Waals surface area contributed by atoms with Crippen LogP contribution in [0.2, 0.25) is 18.1 Å². The molecule has 2 aliphatic carbocycles. The third-order valence-corrected chi connectivity index (χ3v) is 11.6. The van der Waals surface area contributed by atoms with Gasteiger partial charge in [-0.3, -0.25) is 0 Å². The Hall–Kier alpha value is -1.68. The molecule has 3 heteroatoms. The van der Waals surface area contributed by atoms with E-state index in [0.717, 1.165) is 43.2 Å². The van der Waals surface area contributed by atoms with Crippen molar-refractivity contribution in [1.82, 2.24) is 0 Å². The average molecular weight is 437 g/mol. The maximum atomic E-state index is 11.3. The van der Waals surface area contributed by atoms with Crippen molar-refractivity contribution in [3.8, 4) is 0 Å². The molecule has 2 aliphatic rings. The molecule has 0 bridgehead atoms. The van der Waals surface area contributed by atoms with Gasteiger partial charge < -0.3 is 9.53 Å².